The maximum absolute atomic E-state index is 12.7. The lowest BCUT2D eigenvalue weighted by Crippen LogP contribution is -2.56. The minimum Gasteiger partial charge on any atom is -0.462 e. The zero-order valence-electron chi connectivity index (χ0n) is 33.9. The highest BCUT2D eigenvalue weighted by Gasteiger charge is 2.45. The van der Waals surface area contributed by atoms with E-state index in [-0.39, 0.29) is 19.4 Å². The number of hydrogen-bond donors (Lipinski definition) is 5. The third-order valence-electron chi connectivity index (χ3n) is 10.3. The monoisotopic (exact) mass is 795 g/mol. The van der Waals surface area contributed by atoms with E-state index < -0.39 is 69.4 Å². The van der Waals surface area contributed by atoms with Gasteiger partial charge < -0.3 is 34.8 Å². The average Bonchev–Trinajstić information content (AvgIpc) is 3.14. The number of esters is 2. The summed E-state index contributed by atoms with van der Waals surface area (Å²) in [6.45, 7) is 3.45. The summed E-state index contributed by atoms with van der Waals surface area (Å²) in [5.41, 5.74) is 0. The topological polar surface area (TPSA) is 189 Å². The molecule has 0 heterocycles. The van der Waals surface area contributed by atoms with Crippen molar-refractivity contribution in [3.05, 3.63) is 0 Å². The number of unbranched alkanes of at least 4 members (excludes halogenated alkanes) is 24. The van der Waals surface area contributed by atoms with E-state index in [1.807, 2.05) is 0 Å². The fourth-order valence-corrected chi connectivity index (χ4v) is 7.81. The predicted molar refractivity (Wildman–Crippen MR) is 211 cm³/mol. The predicted octanol–water partition coefficient (Wildman–Crippen LogP) is 8.75. The number of hydrogen-bond acceptors (Lipinski definition) is 11. The summed E-state index contributed by atoms with van der Waals surface area (Å²) in [5, 5.41) is 39.8. The maximum atomic E-state index is 12.7. The van der Waals surface area contributed by atoms with Crippen LogP contribution in [0.4, 0.5) is 0 Å². The van der Waals surface area contributed by atoms with Gasteiger partial charge in [-0.05, 0) is 12.8 Å². The van der Waals surface area contributed by atoms with Crippen LogP contribution in [0.5, 0.6) is 0 Å². The van der Waals surface area contributed by atoms with Gasteiger partial charge in [0.15, 0.2) is 6.10 Å². The lowest BCUT2D eigenvalue weighted by Gasteiger charge is -2.38. The third-order valence-corrected chi connectivity index (χ3v) is 11.4. The van der Waals surface area contributed by atoms with Crippen molar-refractivity contribution in [3.8, 4) is 0 Å². The first-order chi connectivity index (χ1) is 26.0. The molecule has 54 heavy (non-hydrogen) atoms. The highest BCUT2D eigenvalue weighted by molar-refractivity contribution is 7.47. The van der Waals surface area contributed by atoms with Crippen molar-refractivity contribution in [1.82, 2.24) is 0 Å². The van der Waals surface area contributed by atoms with Gasteiger partial charge in [0.05, 0.1) is 12.7 Å². The van der Waals surface area contributed by atoms with Crippen LogP contribution in [0.2, 0.25) is 0 Å². The van der Waals surface area contributed by atoms with Gasteiger partial charge in [0.2, 0.25) is 0 Å². The Hall–Kier alpha value is -1.11. The van der Waals surface area contributed by atoms with E-state index in [4.69, 9.17) is 18.5 Å². The summed E-state index contributed by atoms with van der Waals surface area (Å²) >= 11 is 0. The van der Waals surface area contributed by atoms with E-state index >= 15 is 0 Å². The van der Waals surface area contributed by atoms with Gasteiger partial charge in [0.1, 0.15) is 31.0 Å². The molecule has 0 bridgehead atoms. The first-order valence-corrected chi connectivity index (χ1v) is 23.2. The van der Waals surface area contributed by atoms with Gasteiger partial charge in [-0.2, -0.15) is 0 Å². The molecule has 13 heteroatoms. The molecule has 0 aromatic carbocycles. The van der Waals surface area contributed by atoms with Gasteiger partial charge in [0.25, 0.3) is 0 Å². The molecule has 0 aliphatic heterocycles. The smallest absolute Gasteiger partial charge is 0.462 e. The molecule has 1 saturated carbocycles. The normalized spacial score (nSPS) is 21.8. The lowest BCUT2D eigenvalue weighted by molar-refractivity contribution is -0.175. The average molecular weight is 795 g/mol. The standard InChI is InChI=1S/C41H79O12P/c1-3-5-7-9-11-13-15-17-19-21-23-25-27-29-37(43)50-32-34(33-51-54(48,49)53-36-31-35(42)39(45)41(47)40(36)46)52-38(44)30-28-26-24-22-20-18-16-14-12-10-8-6-4-2/h34-36,39-42,45-47H,3-33H2,1-2H3,(H,48,49)/t34-,35-,36+,39?,40?,41-/m1/s1. The molecule has 320 valence electrons. The molecule has 5 N–H and O–H groups in total. The van der Waals surface area contributed by atoms with E-state index in [1.54, 1.807) is 0 Å². The Morgan fingerprint density at radius 2 is 0.944 bits per heavy atom. The van der Waals surface area contributed by atoms with Crippen LogP contribution in [-0.2, 0) is 32.7 Å². The highest BCUT2D eigenvalue weighted by Crippen LogP contribution is 2.47. The Bertz CT molecular complexity index is 968. The second kappa shape index (κ2) is 32.9. The summed E-state index contributed by atoms with van der Waals surface area (Å²) in [7, 11) is -4.91. The maximum Gasteiger partial charge on any atom is 0.472 e. The van der Waals surface area contributed by atoms with E-state index in [1.165, 1.54) is 116 Å². The first kappa shape index (κ1) is 50.9. The summed E-state index contributed by atoms with van der Waals surface area (Å²) in [5.74, 6) is -1.01. The summed E-state index contributed by atoms with van der Waals surface area (Å²) in [6.07, 6.45) is 21.1. The Morgan fingerprint density at radius 1 is 0.556 bits per heavy atom. The molecule has 1 aliphatic carbocycles. The van der Waals surface area contributed by atoms with Crippen LogP contribution in [-0.4, -0.2) is 87.1 Å². The largest absolute Gasteiger partial charge is 0.472 e. The number of ether oxygens (including phenoxy) is 2. The number of aliphatic hydroxyl groups excluding tert-OH is 4. The quantitative estimate of drug-likeness (QED) is 0.0231. The molecule has 0 amide bonds. The van der Waals surface area contributed by atoms with Crippen molar-refractivity contribution in [2.45, 2.75) is 237 Å². The SMILES string of the molecule is CCCCCCCCCCCCCCCC(=O)OC[C@H](COP(=O)(O)O[C@H]1C[C@@H](O)C(O)[C@@H](O)C1O)OC(=O)CCCCCCCCCCCCCCC. The van der Waals surface area contributed by atoms with Crippen molar-refractivity contribution in [2.75, 3.05) is 13.2 Å². The minimum atomic E-state index is -4.91. The van der Waals surface area contributed by atoms with Gasteiger partial charge in [-0.3, -0.25) is 18.6 Å². The second-order valence-electron chi connectivity index (χ2n) is 15.5. The van der Waals surface area contributed by atoms with Crippen molar-refractivity contribution >= 4 is 19.8 Å². The number of carbonyl (C=O) groups excluding carboxylic acids is 2. The Kier molecular flexibility index (Phi) is 31.0. The number of rotatable bonds is 36. The van der Waals surface area contributed by atoms with Crippen LogP contribution in [0.25, 0.3) is 0 Å². The number of aliphatic hydroxyl groups is 4. The molecule has 0 aromatic heterocycles. The van der Waals surface area contributed by atoms with Gasteiger partial charge in [-0.25, -0.2) is 4.57 Å². The highest BCUT2D eigenvalue weighted by atomic mass is 31.2. The van der Waals surface area contributed by atoms with Crippen molar-refractivity contribution < 1.29 is 58.0 Å². The molecular weight excluding hydrogens is 715 g/mol. The van der Waals surface area contributed by atoms with Crippen LogP contribution in [0.15, 0.2) is 0 Å². The number of carbonyl (C=O) groups is 2. The fourth-order valence-electron chi connectivity index (χ4n) is 6.84. The molecule has 0 aromatic rings. The Morgan fingerprint density at radius 3 is 1.37 bits per heavy atom. The van der Waals surface area contributed by atoms with Crippen LogP contribution in [0.1, 0.15) is 200 Å². The van der Waals surface area contributed by atoms with Crippen LogP contribution in [0, 0.1) is 0 Å². The van der Waals surface area contributed by atoms with Crippen LogP contribution >= 0.6 is 7.82 Å². The summed E-state index contributed by atoms with van der Waals surface area (Å²) < 4.78 is 33.7. The first-order valence-electron chi connectivity index (χ1n) is 21.7. The molecule has 1 fully saturated rings. The Balaban J connectivity index is 2.43. The van der Waals surface area contributed by atoms with Gasteiger partial charge in [-0.1, -0.05) is 168 Å². The molecule has 7 atom stereocenters. The van der Waals surface area contributed by atoms with Gasteiger partial charge >= 0.3 is 19.8 Å². The number of phosphoric acid groups is 1. The molecule has 1 rings (SSSR count). The molecule has 0 radical (unpaired) electrons. The molecule has 12 nitrogen and oxygen atoms in total. The molecule has 1 aliphatic rings. The zero-order valence-corrected chi connectivity index (χ0v) is 34.8. The van der Waals surface area contributed by atoms with Crippen LogP contribution in [0.3, 0.4) is 0 Å². The van der Waals surface area contributed by atoms with E-state index in [0.717, 1.165) is 38.5 Å². The van der Waals surface area contributed by atoms with Crippen molar-refractivity contribution in [3.63, 3.8) is 0 Å². The molecule has 0 spiro atoms. The number of phosphoric ester groups is 1. The van der Waals surface area contributed by atoms with E-state index in [9.17, 15) is 39.5 Å². The Labute approximate surface area is 327 Å². The summed E-state index contributed by atoms with van der Waals surface area (Å²) in [6, 6.07) is 0. The molecule has 0 saturated heterocycles. The second-order valence-corrected chi connectivity index (χ2v) is 16.9. The lowest BCUT2D eigenvalue weighted by atomic mass is 9.87. The third kappa shape index (κ3) is 26.7. The van der Waals surface area contributed by atoms with Gasteiger partial charge in [0, 0.05) is 19.3 Å². The molecule has 3 unspecified atom stereocenters. The minimum absolute atomic E-state index is 0.140. The van der Waals surface area contributed by atoms with E-state index in [0.29, 0.717) is 12.8 Å². The van der Waals surface area contributed by atoms with Crippen LogP contribution < -0.4 is 0 Å². The molecular formula is C41H79O12P. The van der Waals surface area contributed by atoms with E-state index in [2.05, 4.69) is 13.8 Å². The van der Waals surface area contributed by atoms with Gasteiger partial charge in [-0.15, -0.1) is 0 Å². The van der Waals surface area contributed by atoms with Crippen molar-refractivity contribution in [1.29, 1.82) is 0 Å². The van der Waals surface area contributed by atoms with Crippen molar-refractivity contribution in [2.24, 2.45) is 0 Å². The fraction of sp³-hybridized carbons (Fsp3) is 0.951. The zero-order chi connectivity index (χ0) is 39.9. The summed E-state index contributed by atoms with van der Waals surface area (Å²) in [4.78, 5) is 35.5.